The summed E-state index contributed by atoms with van der Waals surface area (Å²) in [6, 6.07) is 20.9. The van der Waals surface area contributed by atoms with E-state index >= 15 is 0 Å². The van der Waals surface area contributed by atoms with Gasteiger partial charge in [-0.1, -0.05) is 30.3 Å². The van der Waals surface area contributed by atoms with Crippen LogP contribution in [0.25, 0.3) is 6.08 Å². The number of aryl methyl sites for hydroxylation is 1. The fourth-order valence-electron chi connectivity index (χ4n) is 2.99. The molecule has 0 fully saturated rings. The molecule has 3 aromatic carbocycles. The van der Waals surface area contributed by atoms with Gasteiger partial charge in [-0.15, -0.1) is 0 Å². The third kappa shape index (κ3) is 6.37. The summed E-state index contributed by atoms with van der Waals surface area (Å²) in [4.78, 5) is 12.2. The van der Waals surface area contributed by atoms with Crippen molar-refractivity contribution in [3.8, 4) is 17.2 Å². The van der Waals surface area contributed by atoms with Crippen molar-refractivity contribution in [2.75, 3.05) is 19.0 Å². The van der Waals surface area contributed by atoms with Crippen LogP contribution in [-0.4, -0.2) is 19.6 Å². The van der Waals surface area contributed by atoms with E-state index in [0.29, 0.717) is 30.4 Å². The molecule has 1 N–H and O–H groups in total. The largest absolute Gasteiger partial charge is 0.494 e. The number of ether oxygens (including phenoxy) is 3. The molecule has 0 bridgehead atoms. The van der Waals surface area contributed by atoms with Gasteiger partial charge in [-0.2, -0.15) is 0 Å². The smallest absolute Gasteiger partial charge is 0.248 e. The summed E-state index contributed by atoms with van der Waals surface area (Å²) < 4.78 is 16.8. The van der Waals surface area contributed by atoms with Gasteiger partial charge in [0.1, 0.15) is 12.4 Å². The van der Waals surface area contributed by atoms with Crippen molar-refractivity contribution in [2.45, 2.75) is 20.5 Å². The van der Waals surface area contributed by atoms with Gasteiger partial charge in [0, 0.05) is 11.8 Å². The van der Waals surface area contributed by atoms with Crippen molar-refractivity contribution in [1.29, 1.82) is 0 Å². The Labute approximate surface area is 183 Å². The zero-order chi connectivity index (χ0) is 22.1. The molecule has 0 aliphatic heterocycles. The molecule has 0 saturated carbocycles. The minimum Gasteiger partial charge on any atom is -0.494 e. The van der Waals surface area contributed by atoms with E-state index in [1.54, 1.807) is 25.3 Å². The van der Waals surface area contributed by atoms with E-state index in [2.05, 4.69) is 18.3 Å². The van der Waals surface area contributed by atoms with E-state index < -0.39 is 0 Å². The van der Waals surface area contributed by atoms with Crippen LogP contribution in [0.1, 0.15) is 23.6 Å². The molecule has 0 unspecified atom stereocenters. The Hall–Kier alpha value is -3.73. The molecule has 3 rings (SSSR count). The lowest BCUT2D eigenvalue weighted by Gasteiger charge is -2.12. The fourth-order valence-corrected chi connectivity index (χ4v) is 2.99. The minimum atomic E-state index is -0.219. The predicted molar refractivity (Wildman–Crippen MR) is 124 cm³/mol. The first-order valence-corrected chi connectivity index (χ1v) is 10.2. The molecule has 0 radical (unpaired) electrons. The number of benzene rings is 3. The number of anilines is 1. The third-order valence-corrected chi connectivity index (χ3v) is 4.69. The summed E-state index contributed by atoms with van der Waals surface area (Å²) in [5, 5.41) is 2.83. The van der Waals surface area contributed by atoms with E-state index in [4.69, 9.17) is 14.2 Å². The highest BCUT2D eigenvalue weighted by molar-refractivity contribution is 6.02. The van der Waals surface area contributed by atoms with Gasteiger partial charge in [0.2, 0.25) is 5.91 Å². The summed E-state index contributed by atoms with van der Waals surface area (Å²) in [5.41, 5.74) is 3.84. The van der Waals surface area contributed by atoms with Crippen LogP contribution in [0.2, 0.25) is 0 Å². The summed E-state index contributed by atoms with van der Waals surface area (Å²) >= 11 is 0. The average molecular weight is 418 g/mol. The molecule has 0 atom stereocenters. The van der Waals surface area contributed by atoms with Crippen LogP contribution in [0, 0.1) is 6.92 Å². The molecule has 3 aromatic rings. The number of methoxy groups -OCH3 is 1. The van der Waals surface area contributed by atoms with E-state index in [-0.39, 0.29) is 5.91 Å². The lowest BCUT2D eigenvalue weighted by atomic mass is 10.1. The van der Waals surface area contributed by atoms with Crippen LogP contribution >= 0.6 is 0 Å². The van der Waals surface area contributed by atoms with Crippen molar-refractivity contribution in [2.24, 2.45) is 0 Å². The average Bonchev–Trinajstić information content (AvgIpc) is 2.79. The van der Waals surface area contributed by atoms with Gasteiger partial charge in [-0.3, -0.25) is 4.79 Å². The third-order valence-electron chi connectivity index (χ3n) is 4.69. The zero-order valence-electron chi connectivity index (χ0n) is 18.1. The Morgan fingerprint density at radius 1 is 0.968 bits per heavy atom. The standard InChI is InChI=1S/C26H27NO4/c1-4-30-23-13-11-22(12-14-23)27-26(28)16-10-20-9-15-24(25(17-20)29-3)31-18-21-8-6-5-7-19(21)2/h5-17H,4,18H2,1-3H3,(H,27,28)/b16-10+. The maximum atomic E-state index is 12.2. The number of hydrogen-bond donors (Lipinski definition) is 1. The number of rotatable bonds is 9. The second-order valence-corrected chi connectivity index (χ2v) is 6.91. The predicted octanol–water partition coefficient (Wildman–Crippen LogP) is 5.63. The van der Waals surface area contributed by atoms with Gasteiger partial charge in [0.15, 0.2) is 11.5 Å². The first-order chi connectivity index (χ1) is 15.1. The number of carbonyl (C=O) groups excluding carboxylic acids is 1. The molecular formula is C26H27NO4. The van der Waals surface area contributed by atoms with Crippen LogP contribution in [0.4, 0.5) is 5.69 Å². The molecule has 0 spiro atoms. The van der Waals surface area contributed by atoms with Gasteiger partial charge < -0.3 is 19.5 Å². The Kier molecular flexibility index (Phi) is 7.71. The Balaban J connectivity index is 1.61. The van der Waals surface area contributed by atoms with Crippen LogP contribution in [-0.2, 0) is 11.4 Å². The molecular weight excluding hydrogens is 390 g/mol. The summed E-state index contributed by atoms with van der Waals surface area (Å²) in [6.07, 6.45) is 3.22. The Morgan fingerprint density at radius 2 is 1.74 bits per heavy atom. The van der Waals surface area contributed by atoms with Crippen LogP contribution in [0.5, 0.6) is 17.2 Å². The molecule has 5 heteroatoms. The highest BCUT2D eigenvalue weighted by Gasteiger charge is 2.07. The van der Waals surface area contributed by atoms with Crippen molar-refractivity contribution in [3.63, 3.8) is 0 Å². The molecule has 0 aromatic heterocycles. The summed E-state index contributed by atoms with van der Waals surface area (Å²) in [6.45, 7) is 5.05. The van der Waals surface area contributed by atoms with E-state index in [0.717, 1.165) is 16.9 Å². The quantitative estimate of drug-likeness (QED) is 0.458. The number of nitrogens with one attached hydrogen (secondary N) is 1. The van der Waals surface area contributed by atoms with Crippen molar-refractivity contribution >= 4 is 17.7 Å². The first-order valence-electron chi connectivity index (χ1n) is 10.2. The monoisotopic (exact) mass is 417 g/mol. The lowest BCUT2D eigenvalue weighted by Crippen LogP contribution is -2.07. The molecule has 160 valence electrons. The maximum Gasteiger partial charge on any atom is 0.248 e. The normalized spacial score (nSPS) is 10.7. The summed E-state index contributed by atoms with van der Waals surface area (Å²) in [7, 11) is 1.60. The van der Waals surface area contributed by atoms with Crippen molar-refractivity contribution in [1.82, 2.24) is 0 Å². The van der Waals surface area contributed by atoms with E-state index in [1.165, 1.54) is 11.6 Å². The Bertz CT molecular complexity index is 1040. The number of amides is 1. The van der Waals surface area contributed by atoms with Crippen LogP contribution < -0.4 is 19.5 Å². The Morgan fingerprint density at radius 3 is 2.45 bits per heavy atom. The van der Waals surface area contributed by atoms with Gasteiger partial charge in [-0.05, 0) is 73.0 Å². The first kappa shape index (κ1) is 22.0. The summed E-state index contributed by atoms with van der Waals surface area (Å²) in [5.74, 6) is 1.82. The number of carbonyl (C=O) groups is 1. The highest BCUT2D eigenvalue weighted by atomic mass is 16.5. The van der Waals surface area contributed by atoms with Crippen molar-refractivity contribution < 1.29 is 19.0 Å². The van der Waals surface area contributed by atoms with Gasteiger partial charge in [-0.25, -0.2) is 0 Å². The van der Waals surface area contributed by atoms with Gasteiger partial charge in [0.25, 0.3) is 0 Å². The second-order valence-electron chi connectivity index (χ2n) is 6.91. The molecule has 31 heavy (non-hydrogen) atoms. The van der Waals surface area contributed by atoms with Crippen molar-refractivity contribution in [3.05, 3.63) is 89.5 Å². The maximum absolute atomic E-state index is 12.2. The van der Waals surface area contributed by atoms with Gasteiger partial charge in [0.05, 0.1) is 13.7 Å². The van der Waals surface area contributed by atoms with Gasteiger partial charge >= 0.3 is 0 Å². The molecule has 0 saturated heterocycles. The second kappa shape index (κ2) is 10.9. The zero-order valence-corrected chi connectivity index (χ0v) is 18.1. The molecule has 0 aliphatic carbocycles. The molecule has 1 amide bonds. The van der Waals surface area contributed by atoms with Crippen LogP contribution in [0.3, 0.4) is 0 Å². The highest BCUT2D eigenvalue weighted by Crippen LogP contribution is 2.29. The van der Waals surface area contributed by atoms with E-state index in [9.17, 15) is 4.79 Å². The molecule has 0 heterocycles. The minimum absolute atomic E-state index is 0.219. The molecule has 0 aliphatic rings. The molecule has 5 nitrogen and oxygen atoms in total. The SMILES string of the molecule is CCOc1ccc(NC(=O)/C=C/c2ccc(OCc3ccccc3C)c(OC)c2)cc1. The fraction of sp³-hybridized carbons (Fsp3) is 0.192. The number of hydrogen-bond acceptors (Lipinski definition) is 4. The lowest BCUT2D eigenvalue weighted by molar-refractivity contribution is -0.111. The topological polar surface area (TPSA) is 56.8 Å². The van der Waals surface area contributed by atoms with Crippen LogP contribution in [0.15, 0.2) is 72.8 Å². The van der Waals surface area contributed by atoms with E-state index in [1.807, 2.05) is 55.5 Å².